The number of rotatable bonds is 8. The molecule has 1 rings (SSSR count). The maximum atomic E-state index is 5.85. The smallest absolute Gasteiger partial charge is 0.0542 e. The summed E-state index contributed by atoms with van der Waals surface area (Å²) in [5.41, 5.74) is 7.19. The Balaban J connectivity index is 2.41. The fraction of sp³-hybridized carbons (Fsp3) is 0.692. The lowest BCUT2D eigenvalue weighted by atomic mass is 10.1. The summed E-state index contributed by atoms with van der Waals surface area (Å²) >= 11 is 1.80. The molecule has 3 nitrogen and oxygen atoms in total. The van der Waals surface area contributed by atoms with Gasteiger partial charge in [0.05, 0.1) is 6.04 Å². The van der Waals surface area contributed by atoms with Gasteiger partial charge in [-0.2, -0.15) is 0 Å². The zero-order chi connectivity index (χ0) is 12.7. The van der Waals surface area contributed by atoms with Crippen molar-refractivity contribution in [3.05, 3.63) is 21.9 Å². The zero-order valence-corrected chi connectivity index (χ0v) is 12.0. The fourth-order valence-corrected chi connectivity index (χ4v) is 2.98. The maximum absolute atomic E-state index is 5.85. The van der Waals surface area contributed by atoms with Crippen molar-refractivity contribution in [3.8, 4) is 0 Å². The summed E-state index contributed by atoms with van der Waals surface area (Å²) in [6.45, 7) is 11.5. The molecule has 1 heterocycles. The molecule has 0 saturated heterocycles. The second-order valence-corrected chi connectivity index (χ2v) is 5.18. The Kier molecular flexibility index (Phi) is 6.73. The minimum absolute atomic E-state index is 0.311. The Morgan fingerprint density at radius 1 is 1.41 bits per heavy atom. The average molecular weight is 255 g/mol. The van der Waals surface area contributed by atoms with Crippen LogP contribution in [0.15, 0.2) is 11.4 Å². The SMILES string of the molecule is CCN(CC)CCNC(CN)c1sccc1C. The molecule has 0 radical (unpaired) electrons. The third kappa shape index (κ3) is 4.39. The molecule has 98 valence electrons. The van der Waals surface area contributed by atoms with Crippen molar-refractivity contribution in [3.63, 3.8) is 0 Å². The molecular weight excluding hydrogens is 230 g/mol. The largest absolute Gasteiger partial charge is 0.329 e. The van der Waals surface area contributed by atoms with E-state index in [4.69, 9.17) is 5.73 Å². The van der Waals surface area contributed by atoms with Gasteiger partial charge < -0.3 is 16.0 Å². The Morgan fingerprint density at radius 3 is 2.59 bits per heavy atom. The van der Waals surface area contributed by atoms with E-state index in [9.17, 15) is 0 Å². The first-order valence-electron chi connectivity index (χ1n) is 6.42. The monoisotopic (exact) mass is 255 g/mol. The van der Waals surface area contributed by atoms with Gasteiger partial charge in [0.2, 0.25) is 0 Å². The van der Waals surface area contributed by atoms with Gasteiger partial charge in [-0.05, 0) is 37.0 Å². The van der Waals surface area contributed by atoms with Crippen LogP contribution in [0.4, 0.5) is 0 Å². The molecule has 1 aromatic heterocycles. The topological polar surface area (TPSA) is 41.3 Å². The first kappa shape index (κ1) is 14.6. The second kappa shape index (κ2) is 7.82. The van der Waals surface area contributed by atoms with Crippen LogP contribution < -0.4 is 11.1 Å². The van der Waals surface area contributed by atoms with E-state index in [2.05, 4.69) is 42.4 Å². The molecule has 0 spiro atoms. The highest BCUT2D eigenvalue weighted by molar-refractivity contribution is 7.10. The number of hydrogen-bond acceptors (Lipinski definition) is 4. The normalized spacial score (nSPS) is 13.2. The molecule has 17 heavy (non-hydrogen) atoms. The molecule has 0 aliphatic heterocycles. The van der Waals surface area contributed by atoms with Crippen LogP contribution in [0.3, 0.4) is 0 Å². The fourth-order valence-electron chi connectivity index (χ4n) is 1.96. The van der Waals surface area contributed by atoms with Crippen LogP contribution in [-0.4, -0.2) is 37.6 Å². The highest BCUT2D eigenvalue weighted by Gasteiger charge is 2.12. The van der Waals surface area contributed by atoms with Gasteiger partial charge >= 0.3 is 0 Å². The molecule has 1 atom stereocenters. The van der Waals surface area contributed by atoms with Crippen LogP contribution >= 0.6 is 11.3 Å². The Morgan fingerprint density at radius 2 is 2.12 bits per heavy atom. The number of thiophene rings is 1. The van der Waals surface area contributed by atoms with E-state index < -0.39 is 0 Å². The van der Waals surface area contributed by atoms with Gasteiger partial charge in [-0.3, -0.25) is 0 Å². The van der Waals surface area contributed by atoms with E-state index in [1.54, 1.807) is 11.3 Å². The van der Waals surface area contributed by atoms with Crippen LogP contribution in [-0.2, 0) is 0 Å². The number of nitrogens with one attached hydrogen (secondary N) is 1. The molecule has 0 aliphatic rings. The van der Waals surface area contributed by atoms with E-state index in [0.29, 0.717) is 12.6 Å². The highest BCUT2D eigenvalue weighted by Crippen LogP contribution is 2.22. The third-order valence-corrected chi connectivity index (χ3v) is 4.30. The van der Waals surface area contributed by atoms with Crippen LogP contribution in [0.2, 0.25) is 0 Å². The number of likely N-dealkylation sites (N-methyl/N-ethyl adjacent to an activating group) is 1. The van der Waals surface area contributed by atoms with Crippen molar-refractivity contribution < 1.29 is 0 Å². The van der Waals surface area contributed by atoms with Crippen molar-refractivity contribution in [2.45, 2.75) is 26.8 Å². The van der Waals surface area contributed by atoms with E-state index in [1.807, 2.05) is 0 Å². The van der Waals surface area contributed by atoms with Crippen LogP contribution in [0.25, 0.3) is 0 Å². The van der Waals surface area contributed by atoms with Gasteiger partial charge in [0.25, 0.3) is 0 Å². The van der Waals surface area contributed by atoms with Crippen molar-refractivity contribution in [2.75, 3.05) is 32.7 Å². The van der Waals surface area contributed by atoms with Crippen LogP contribution in [0, 0.1) is 6.92 Å². The zero-order valence-electron chi connectivity index (χ0n) is 11.2. The Hall–Kier alpha value is -0.420. The molecule has 0 amide bonds. The summed E-state index contributed by atoms with van der Waals surface area (Å²) in [4.78, 5) is 3.80. The van der Waals surface area contributed by atoms with Gasteiger partial charge in [-0.15, -0.1) is 11.3 Å². The summed E-state index contributed by atoms with van der Waals surface area (Å²) in [6.07, 6.45) is 0. The molecular formula is C13H25N3S. The van der Waals surface area contributed by atoms with Gasteiger partial charge in [-0.25, -0.2) is 0 Å². The standard InChI is InChI=1S/C13H25N3S/c1-4-16(5-2)8-7-15-12(10-14)13-11(3)6-9-17-13/h6,9,12,15H,4-5,7-8,10,14H2,1-3H3. The van der Waals surface area contributed by atoms with E-state index in [1.165, 1.54) is 10.4 Å². The molecule has 0 fully saturated rings. The van der Waals surface area contributed by atoms with Crippen molar-refractivity contribution in [1.29, 1.82) is 0 Å². The summed E-state index contributed by atoms with van der Waals surface area (Å²) in [6, 6.07) is 2.47. The Labute approximate surface area is 109 Å². The predicted molar refractivity (Wildman–Crippen MR) is 76.6 cm³/mol. The molecule has 1 unspecified atom stereocenters. The van der Waals surface area contributed by atoms with Crippen molar-refractivity contribution in [2.24, 2.45) is 5.73 Å². The molecule has 4 heteroatoms. The first-order chi connectivity index (χ1) is 8.22. The minimum atomic E-state index is 0.311. The highest BCUT2D eigenvalue weighted by atomic mass is 32.1. The summed E-state index contributed by atoms with van der Waals surface area (Å²) in [7, 11) is 0. The van der Waals surface area contributed by atoms with Gasteiger partial charge in [0.1, 0.15) is 0 Å². The number of hydrogen-bond donors (Lipinski definition) is 2. The van der Waals surface area contributed by atoms with Crippen LogP contribution in [0.1, 0.15) is 30.3 Å². The van der Waals surface area contributed by atoms with Crippen LogP contribution in [0.5, 0.6) is 0 Å². The van der Waals surface area contributed by atoms with Gasteiger partial charge in [-0.1, -0.05) is 13.8 Å². The molecule has 0 bridgehead atoms. The van der Waals surface area contributed by atoms with E-state index in [0.717, 1.165) is 26.2 Å². The predicted octanol–water partition coefficient (Wildman–Crippen LogP) is 1.99. The number of aryl methyl sites for hydroxylation is 1. The van der Waals surface area contributed by atoms with Crippen molar-refractivity contribution >= 4 is 11.3 Å². The lowest BCUT2D eigenvalue weighted by molar-refractivity contribution is 0.297. The van der Waals surface area contributed by atoms with E-state index >= 15 is 0 Å². The quantitative estimate of drug-likeness (QED) is 0.746. The minimum Gasteiger partial charge on any atom is -0.329 e. The number of nitrogens with zero attached hydrogens (tertiary/aromatic N) is 1. The summed E-state index contributed by atoms with van der Waals surface area (Å²) in [5, 5.41) is 5.69. The molecule has 3 N–H and O–H groups in total. The summed E-state index contributed by atoms with van der Waals surface area (Å²) < 4.78 is 0. The van der Waals surface area contributed by atoms with E-state index in [-0.39, 0.29) is 0 Å². The average Bonchev–Trinajstić information content (AvgIpc) is 2.76. The Bertz CT molecular complexity index is 307. The molecule has 0 aliphatic carbocycles. The summed E-state index contributed by atoms with van der Waals surface area (Å²) in [5.74, 6) is 0. The second-order valence-electron chi connectivity index (χ2n) is 4.24. The molecule has 0 saturated carbocycles. The van der Waals surface area contributed by atoms with Gasteiger partial charge in [0, 0.05) is 24.5 Å². The number of nitrogens with two attached hydrogens (primary N) is 1. The maximum Gasteiger partial charge on any atom is 0.0542 e. The molecule has 0 aromatic carbocycles. The lowest BCUT2D eigenvalue weighted by Gasteiger charge is -2.21. The molecule has 1 aromatic rings. The van der Waals surface area contributed by atoms with Crippen molar-refractivity contribution in [1.82, 2.24) is 10.2 Å². The third-order valence-electron chi connectivity index (χ3n) is 3.17. The lowest BCUT2D eigenvalue weighted by Crippen LogP contribution is -2.36. The first-order valence-corrected chi connectivity index (χ1v) is 7.30. The van der Waals surface area contributed by atoms with Gasteiger partial charge in [0.15, 0.2) is 0 Å².